The van der Waals surface area contributed by atoms with Gasteiger partial charge in [0, 0.05) is 19.4 Å². The maximum atomic E-state index is 11.8. The Hall–Kier alpha value is -0.760. The number of carbonyl (C=O) groups is 2. The predicted octanol–water partition coefficient (Wildman–Crippen LogP) is 12.1. The maximum absolute atomic E-state index is 11.8. The topological polar surface area (TPSA) is 134 Å². The maximum Gasteiger partial charge on any atom is 0.305 e. The molecule has 0 bridgehead atoms. The molecule has 0 aliphatic rings. The number of Topliss-reactive ketones (excluding diaryl/α,β-unsaturated/α-hetero) is 1. The number of unbranched alkanes of at least 4 members (excludes halogenated alkanes) is 28. The van der Waals surface area contributed by atoms with E-state index in [-0.39, 0.29) is 32.3 Å². The van der Waals surface area contributed by atoms with E-state index < -0.39 is 13.6 Å². The zero-order valence-electron chi connectivity index (χ0n) is 34.8. The Morgan fingerprint density at radius 1 is 0.558 bits per heavy atom. The van der Waals surface area contributed by atoms with Crippen molar-refractivity contribution in [1.29, 1.82) is 0 Å². The summed E-state index contributed by atoms with van der Waals surface area (Å²) in [6.07, 6.45) is 44.9. The largest absolute Gasteiger partial charge is 0.464 e. The minimum Gasteiger partial charge on any atom is -0.464 e. The molecule has 0 radical (unpaired) electrons. The number of rotatable bonds is 40. The summed E-state index contributed by atoms with van der Waals surface area (Å²) in [5.74, 6) is 0.105. The van der Waals surface area contributed by atoms with Gasteiger partial charge < -0.3 is 34.9 Å². The molecule has 8 nitrogen and oxygen atoms in total. The average Bonchev–Trinajstić information content (AvgIpc) is 3.12. The quantitative estimate of drug-likeness (QED) is 0.0319. The number of hydrogen-bond acceptors (Lipinski definition) is 8. The molecule has 5 N–H and O–H groups in total. The minimum absolute atomic E-state index is 0.00455. The molecule has 0 aromatic heterocycles. The summed E-state index contributed by atoms with van der Waals surface area (Å²) in [6.45, 7) is 6.73. The van der Waals surface area contributed by atoms with Gasteiger partial charge >= 0.3 is 5.97 Å². The molecule has 0 aliphatic heterocycles. The first kappa shape index (κ1) is 53.3. The number of ether oxygens (including phenoxy) is 1. The monoisotopic (exact) mass is 761 g/mol. The van der Waals surface area contributed by atoms with Crippen molar-refractivity contribution in [1.82, 2.24) is 0 Å². The van der Waals surface area contributed by atoms with Crippen molar-refractivity contribution in [3.8, 4) is 0 Å². The molecular weight excluding hydrogens is 671 g/mol. The summed E-state index contributed by atoms with van der Waals surface area (Å²) in [5.41, 5.74) is 11.1. The van der Waals surface area contributed by atoms with Gasteiger partial charge in [0.15, 0.2) is 0 Å². The Morgan fingerprint density at radius 2 is 0.885 bits per heavy atom. The second-order valence-corrected chi connectivity index (χ2v) is 16.9. The van der Waals surface area contributed by atoms with Crippen molar-refractivity contribution in [2.24, 2.45) is 11.5 Å². The lowest BCUT2D eigenvalue weighted by Crippen LogP contribution is -2.32. The van der Waals surface area contributed by atoms with E-state index >= 15 is 0 Å². The first-order valence-corrected chi connectivity index (χ1v) is 23.8. The Bertz CT molecular complexity index is 800. The van der Waals surface area contributed by atoms with Crippen LogP contribution in [-0.2, 0) is 23.4 Å². The predicted molar refractivity (Wildman–Crippen MR) is 226 cm³/mol. The van der Waals surface area contributed by atoms with Gasteiger partial charge in [0.1, 0.15) is 12.4 Å². The van der Waals surface area contributed by atoms with E-state index in [2.05, 4.69) is 20.1 Å². The molecule has 2 unspecified atom stereocenters. The lowest BCUT2D eigenvalue weighted by Gasteiger charge is -2.20. The fourth-order valence-electron chi connectivity index (χ4n) is 6.15. The van der Waals surface area contributed by atoms with Gasteiger partial charge in [-0.2, -0.15) is 0 Å². The van der Waals surface area contributed by atoms with Gasteiger partial charge in [-0.05, 0) is 26.1 Å². The van der Waals surface area contributed by atoms with E-state index in [0.29, 0.717) is 12.2 Å². The highest BCUT2D eigenvalue weighted by Gasteiger charge is 2.15. The van der Waals surface area contributed by atoms with Crippen LogP contribution in [-0.4, -0.2) is 55.4 Å². The van der Waals surface area contributed by atoms with E-state index in [0.717, 1.165) is 25.7 Å². The number of hydrogen-bond donors (Lipinski definition) is 3. The third-order valence-corrected chi connectivity index (χ3v) is 10.6. The molecule has 52 heavy (non-hydrogen) atoms. The average molecular weight is 761 g/mol. The van der Waals surface area contributed by atoms with E-state index in [1.165, 1.54) is 173 Å². The van der Waals surface area contributed by atoms with Crippen LogP contribution in [0.4, 0.5) is 0 Å². The lowest BCUT2D eigenvalue weighted by atomic mass is 10.0. The van der Waals surface area contributed by atoms with Gasteiger partial charge in [0.2, 0.25) is 7.57 Å². The lowest BCUT2D eigenvalue weighted by molar-refractivity contribution is -0.144. The molecule has 0 heterocycles. The first-order valence-electron chi connectivity index (χ1n) is 22.0. The SMILES string of the molecule is C=P(O)(OCCN)OCC(N)COC(=O)CCCCCCCCCCCCCCCCC.CCCCCCCCCCCCCCCCCC(C)=O. The molecule has 0 saturated heterocycles. The second-order valence-electron chi connectivity index (χ2n) is 15.1. The molecule has 0 fully saturated rings. The molecule has 0 saturated carbocycles. The van der Waals surface area contributed by atoms with Crippen molar-refractivity contribution in [2.45, 2.75) is 232 Å². The van der Waals surface area contributed by atoms with Crippen LogP contribution in [0.5, 0.6) is 0 Å². The van der Waals surface area contributed by atoms with Crippen LogP contribution in [0, 0.1) is 0 Å². The molecule has 0 aromatic carbocycles. The summed E-state index contributed by atoms with van der Waals surface area (Å²) in [6, 6.07) is -0.533. The fraction of sp³-hybridized carbons (Fsp3) is 0.930. The summed E-state index contributed by atoms with van der Waals surface area (Å²) >= 11 is 0. The molecule has 0 amide bonds. The zero-order valence-corrected chi connectivity index (χ0v) is 35.7. The van der Waals surface area contributed by atoms with Gasteiger partial charge in [0.05, 0.1) is 19.3 Å². The standard InChI is InChI=1S/C24H51N2O5P.C19H38O/c1-3-4-5-6-7-8-9-10-11-12-13-14-15-16-17-18-24(27)29-21-23(26)22-31-32(2,28)30-20-19-25;1-3-4-5-6-7-8-9-10-11-12-13-14-15-16-17-18-19(2)20/h23,28H,2-22,25-26H2,1H3;3-18H2,1-2H3. The Morgan fingerprint density at radius 3 is 1.21 bits per heavy atom. The van der Waals surface area contributed by atoms with Gasteiger partial charge in [-0.15, -0.1) is 0 Å². The fourth-order valence-corrected chi connectivity index (χ4v) is 7.04. The highest BCUT2D eigenvalue weighted by Crippen LogP contribution is 2.42. The van der Waals surface area contributed by atoms with E-state index in [1.807, 2.05) is 0 Å². The van der Waals surface area contributed by atoms with Crippen LogP contribution in [0.25, 0.3) is 0 Å². The number of carbonyl (C=O) groups excluding carboxylic acids is 2. The van der Waals surface area contributed by atoms with Crippen molar-refractivity contribution >= 4 is 25.6 Å². The first-order chi connectivity index (χ1) is 25.2. The molecular formula is C43H89N2O6P. The molecule has 0 rings (SSSR count). The summed E-state index contributed by atoms with van der Waals surface area (Å²) < 4.78 is 15.4. The van der Waals surface area contributed by atoms with Crippen molar-refractivity contribution in [3.63, 3.8) is 0 Å². The van der Waals surface area contributed by atoms with E-state index in [1.54, 1.807) is 6.92 Å². The van der Waals surface area contributed by atoms with Gasteiger partial charge in [-0.1, -0.05) is 194 Å². The summed E-state index contributed by atoms with van der Waals surface area (Å²) in [4.78, 5) is 32.4. The molecule has 0 aliphatic carbocycles. The molecule has 0 spiro atoms. The molecule has 0 aromatic rings. The van der Waals surface area contributed by atoms with Crippen molar-refractivity contribution < 1.29 is 28.3 Å². The van der Waals surface area contributed by atoms with Gasteiger partial charge in [-0.25, -0.2) is 0 Å². The highest BCUT2D eigenvalue weighted by atomic mass is 31.2. The van der Waals surface area contributed by atoms with Crippen LogP contribution < -0.4 is 11.5 Å². The normalized spacial score (nSPS) is 13.0. The highest BCUT2D eigenvalue weighted by molar-refractivity contribution is 7.58. The number of ketones is 1. The van der Waals surface area contributed by atoms with E-state index in [9.17, 15) is 14.5 Å². The Balaban J connectivity index is 0. The molecule has 312 valence electrons. The van der Waals surface area contributed by atoms with E-state index in [4.69, 9.17) is 25.3 Å². The Labute approximate surface area is 323 Å². The minimum atomic E-state index is -3.16. The van der Waals surface area contributed by atoms with Gasteiger partial charge in [0.25, 0.3) is 0 Å². The van der Waals surface area contributed by atoms with Crippen molar-refractivity contribution in [2.75, 3.05) is 26.4 Å². The third kappa shape index (κ3) is 47.3. The van der Waals surface area contributed by atoms with Crippen LogP contribution in [0.15, 0.2) is 0 Å². The smallest absolute Gasteiger partial charge is 0.305 e. The van der Waals surface area contributed by atoms with Crippen LogP contribution in [0.2, 0.25) is 0 Å². The zero-order chi connectivity index (χ0) is 38.8. The van der Waals surface area contributed by atoms with Gasteiger partial charge in [-0.3, -0.25) is 4.79 Å². The summed E-state index contributed by atoms with van der Waals surface area (Å²) in [5, 5.41) is 0. The Kier molecular flexibility index (Phi) is 44.1. The number of nitrogens with two attached hydrogens (primary N) is 2. The number of esters is 1. The van der Waals surface area contributed by atoms with Crippen LogP contribution in [0.1, 0.15) is 226 Å². The van der Waals surface area contributed by atoms with Crippen LogP contribution in [0.3, 0.4) is 0 Å². The second kappa shape index (κ2) is 43.0. The third-order valence-electron chi connectivity index (χ3n) is 9.48. The summed E-state index contributed by atoms with van der Waals surface area (Å²) in [7, 11) is -3.16. The van der Waals surface area contributed by atoms with Crippen molar-refractivity contribution in [3.05, 3.63) is 0 Å². The molecule has 2 atom stereocenters. The molecule has 9 heteroatoms. The van der Waals surface area contributed by atoms with Crippen LogP contribution >= 0.6 is 7.57 Å².